The van der Waals surface area contributed by atoms with Crippen molar-refractivity contribution < 1.29 is 23.4 Å². The van der Waals surface area contributed by atoms with E-state index in [-0.39, 0.29) is 5.91 Å². The largest absolute Gasteiger partial charge is 0.493 e. The van der Waals surface area contributed by atoms with Gasteiger partial charge in [0, 0.05) is 43.0 Å². The Bertz CT molecular complexity index is 838. The normalized spacial score (nSPS) is 11.0. The van der Waals surface area contributed by atoms with Crippen LogP contribution in [0.25, 0.3) is 0 Å². The summed E-state index contributed by atoms with van der Waals surface area (Å²) in [7, 11) is 4.70. The molecule has 2 aromatic rings. The van der Waals surface area contributed by atoms with E-state index < -0.39 is 0 Å². The van der Waals surface area contributed by atoms with Crippen LogP contribution in [-0.2, 0) is 0 Å². The maximum Gasteiger partial charge on any atom is 0.287 e. The molecule has 0 spiro atoms. The summed E-state index contributed by atoms with van der Waals surface area (Å²) in [5, 5.41) is 9.25. The molecule has 3 N–H and O–H groups in total. The molecule has 30 heavy (non-hydrogen) atoms. The number of hydrogen-bond donors (Lipinski definition) is 3. The van der Waals surface area contributed by atoms with Crippen molar-refractivity contribution in [2.45, 2.75) is 20.3 Å². The van der Waals surface area contributed by atoms with Gasteiger partial charge in [-0.15, -0.1) is 0 Å². The lowest BCUT2D eigenvalue weighted by atomic mass is 10.2. The molecule has 1 amide bonds. The van der Waals surface area contributed by atoms with Gasteiger partial charge in [0.15, 0.2) is 23.2 Å². The highest BCUT2D eigenvalue weighted by Gasteiger charge is 2.14. The molecule has 164 valence electrons. The molecule has 0 aliphatic carbocycles. The average Bonchev–Trinajstić information content (AvgIpc) is 3.18. The summed E-state index contributed by atoms with van der Waals surface area (Å²) >= 11 is 0. The Kier molecular flexibility index (Phi) is 8.86. The molecule has 9 nitrogen and oxygen atoms in total. The lowest BCUT2D eigenvalue weighted by Crippen LogP contribution is -2.31. The van der Waals surface area contributed by atoms with Crippen LogP contribution in [0.2, 0.25) is 0 Å². The average molecular weight is 418 g/mol. The van der Waals surface area contributed by atoms with E-state index in [0.29, 0.717) is 55.0 Å². The van der Waals surface area contributed by atoms with Gasteiger partial charge in [-0.05, 0) is 26.3 Å². The van der Waals surface area contributed by atoms with Crippen LogP contribution in [0, 0.1) is 6.92 Å². The Morgan fingerprint density at radius 1 is 1.10 bits per heavy atom. The fraction of sp³-hybridized carbons (Fsp3) is 0.429. The SMILES string of the molecule is CCNC(=NCCCNC(=O)c1occc1C)Nc1cc(OC)c(OC)c(OC)c1. The first kappa shape index (κ1) is 22.9. The summed E-state index contributed by atoms with van der Waals surface area (Å²) in [5.74, 6) is 2.35. The van der Waals surface area contributed by atoms with E-state index in [9.17, 15) is 4.79 Å². The molecule has 0 aliphatic heterocycles. The summed E-state index contributed by atoms with van der Waals surface area (Å²) in [6, 6.07) is 5.37. The first-order chi connectivity index (χ1) is 14.5. The third kappa shape index (κ3) is 6.07. The number of benzene rings is 1. The molecule has 0 atom stereocenters. The molecule has 0 saturated carbocycles. The first-order valence-electron chi connectivity index (χ1n) is 9.71. The number of carbonyl (C=O) groups is 1. The van der Waals surface area contributed by atoms with Crippen LogP contribution in [0.1, 0.15) is 29.5 Å². The van der Waals surface area contributed by atoms with Gasteiger partial charge >= 0.3 is 0 Å². The molecule has 1 aromatic heterocycles. The second kappa shape index (κ2) is 11.6. The van der Waals surface area contributed by atoms with Crippen LogP contribution in [0.15, 0.2) is 33.9 Å². The van der Waals surface area contributed by atoms with Crippen molar-refractivity contribution in [3.63, 3.8) is 0 Å². The Morgan fingerprint density at radius 2 is 1.80 bits per heavy atom. The van der Waals surface area contributed by atoms with E-state index in [0.717, 1.165) is 11.3 Å². The zero-order chi connectivity index (χ0) is 21.9. The number of nitrogens with zero attached hydrogens (tertiary/aromatic N) is 1. The number of methoxy groups -OCH3 is 3. The minimum absolute atomic E-state index is 0.219. The highest BCUT2D eigenvalue weighted by Crippen LogP contribution is 2.39. The quantitative estimate of drug-likeness (QED) is 0.309. The number of nitrogens with one attached hydrogen (secondary N) is 3. The third-order valence-corrected chi connectivity index (χ3v) is 4.23. The van der Waals surface area contributed by atoms with Gasteiger partial charge in [-0.1, -0.05) is 0 Å². The number of guanidine groups is 1. The van der Waals surface area contributed by atoms with Crippen LogP contribution < -0.4 is 30.2 Å². The highest BCUT2D eigenvalue weighted by atomic mass is 16.5. The van der Waals surface area contributed by atoms with Gasteiger partial charge in [0.2, 0.25) is 5.75 Å². The lowest BCUT2D eigenvalue weighted by Gasteiger charge is -2.16. The van der Waals surface area contributed by atoms with Gasteiger partial charge in [-0.2, -0.15) is 0 Å². The number of aliphatic imine (C=N–C) groups is 1. The smallest absolute Gasteiger partial charge is 0.287 e. The van der Waals surface area contributed by atoms with Gasteiger partial charge in [-0.3, -0.25) is 9.79 Å². The maximum absolute atomic E-state index is 12.0. The number of amides is 1. The predicted octanol–water partition coefficient (Wildman–Crippen LogP) is 2.81. The van der Waals surface area contributed by atoms with Gasteiger partial charge in [0.25, 0.3) is 5.91 Å². The van der Waals surface area contributed by atoms with Crippen molar-refractivity contribution in [2.24, 2.45) is 4.99 Å². The lowest BCUT2D eigenvalue weighted by molar-refractivity contribution is 0.0925. The summed E-state index contributed by atoms with van der Waals surface area (Å²) in [5.41, 5.74) is 1.56. The number of carbonyl (C=O) groups excluding carboxylic acids is 1. The third-order valence-electron chi connectivity index (χ3n) is 4.23. The summed E-state index contributed by atoms with van der Waals surface area (Å²) in [4.78, 5) is 16.6. The molecule has 1 aromatic carbocycles. The second-order valence-corrected chi connectivity index (χ2v) is 6.34. The van der Waals surface area contributed by atoms with E-state index >= 15 is 0 Å². The minimum Gasteiger partial charge on any atom is -0.493 e. The molecule has 0 saturated heterocycles. The fourth-order valence-electron chi connectivity index (χ4n) is 2.75. The molecule has 9 heteroatoms. The molecular weight excluding hydrogens is 388 g/mol. The van der Waals surface area contributed by atoms with Crippen LogP contribution >= 0.6 is 0 Å². The van der Waals surface area contributed by atoms with Crippen molar-refractivity contribution in [1.29, 1.82) is 0 Å². The van der Waals surface area contributed by atoms with Crippen LogP contribution in [0.5, 0.6) is 17.2 Å². The van der Waals surface area contributed by atoms with E-state index in [1.165, 1.54) is 6.26 Å². The Labute approximate surface area is 176 Å². The zero-order valence-corrected chi connectivity index (χ0v) is 18.1. The number of anilines is 1. The van der Waals surface area contributed by atoms with Crippen molar-refractivity contribution in [3.05, 3.63) is 35.8 Å². The van der Waals surface area contributed by atoms with Crippen LogP contribution in [0.3, 0.4) is 0 Å². The molecule has 2 rings (SSSR count). The number of furan rings is 1. The molecular formula is C21H30N4O5. The number of aryl methyl sites for hydroxylation is 1. The van der Waals surface area contributed by atoms with Crippen molar-refractivity contribution >= 4 is 17.6 Å². The second-order valence-electron chi connectivity index (χ2n) is 6.34. The number of hydrogen-bond acceptors (Lipinski definition) is 6. The molecule has 0 fully saturated rings. The van der Waals surface area contributed by atoms with E-state index in [1.807, 2.05) is 13.8 Å². The summed E-state index contributed by atoms with van der Waals surface area (Å²) in [6.07, 6.45) is 2.18. The Balaban J connectivity index is 1.96. The predicted molar refractivity (Wildman–Crippen MR) is 116 cm³/mol. The van der Waals surface area contributed by atoms with E-state index in [1.54, 1.807) is 39.5 Å². The molecule has 1 heterocycles. The van der Waals surface area contributed by atoms with Crippen LogP contribution in [0.4, 0.5) is 5.69 Å². The fourth-order valence-corrected chi connectivity index (χ4v) is 2.75. The molecule has 0 aliphatic rings. The van der Waals surface area contributed by atoms with Crippen molar-refractivity contribution in [3.8, 4) is 17.2 Å². The van der Waals surface area contributed by atoms with Gasteiger partial charge in [0.05, 0.1) is 27.6 Å². The van der Waals surface area contributed by atoms with Gasteiger partial charge < -0.3 is 34.6 Å². The maximum atomic E-state index is 12.0. The molecule has 0 radical (unpaired) electrons. The Morgan fingerprint density at radius 3 is 2.33 bits per heavy atom. The van der Waals surface area contributed by atoms with E-state index in [4.69, 9.17) is 18.6 Å². The van der Waals surface area contributed by atoms with Crippen LogP contribution in [-0.4, -0.2) is 52.8 Å². The monoisotopic (exact) mass is 418 g/mol. The minimum atomic E-state index is -0.219. The van der Waals surface area contributed by atoms with E-state index in [2.05, 4.69) is 20.9 Å². The van der Waals surface area contributed by atoms with Crippen molar-refractivity contribution in [1.82, 2.24) is 10.6 Å². The number of rotatable bonds is 10. The Hall–Kier alpha value is -3.36. The summed E-state index contributed by atoms with van der Waals surface area (Å²) in [6.45, 7) is 5.53. The van der Waals surface area contributed by atoms with Crippen molar-refractivity contribution in [2.75, 3.05) is 46.3 Å². The zero-order valence-electron chi connectivity index (χ0n) is 18.1. The number of ether oxygens (including phenoxy) is 3. The topological polar surface area (TPSA) is 106 Å². The molecule has 0 bridgehead atoms. The highest BCUT2D eigenvalue weighted by molar-refractivity contribution is 5.94. The summed E-state index contributed by atoms with van der Waals surface area (Å²) < 4.78 is 21.3. The van der Waals surface area contributed by atoms with Gasteiger partial charge in [0.1, 0.15) is 0 Å². The van der Waals surface area contributed by atoms with Gasteiger partial charge in [-0.25, -0.2) is 0 Å². The standard InChI is InChI=1S/C21H30N4O5/c1-6-22-21(24-10-7-9-23-20(26)18-14(2)8-11-30-18)25-15-12-16(27-3)19(29-5)17(13-15)28-4/h8,11-13H,6-7,9-10H2,1-5H3,(H,23,26)(H2,22,24,25). The molecule has 0 unspecified atom stereocenters. The first-order valence-corrected chi connectivity index (χ1v) is 9.71.